The van der Waals surface area contributed by atoms with E-state index in [1.54, 1.807) is 72.8 Å². The van der Waals surface area contributed by atoms with Gasteiger partial charge in [0.05, 0.1) is 15.9 Å². The maximum atomic E-state index is 12.4. The molecule has 1 N–H and O–H groups in total. The predicted molar refractivity (Wildman–Crippen MR) is 437 cm³/mol. The first kappa shape index (κ1) is 77.2. The zero-order valence-electron chi connectivity index (χ0n) is 58.6. The fraction of sp³-hybridized carbons (Fsp3) is 0.0769. The van der Waals surface area contributed by atoms with Crippen LogP contribution in [0, 0.1) is 0 Å². The molecule has 1 aliphatic heterocycles. The van der Waals surface area contributed by atoms with Gasteiger partial charge in [-0.3, -0.25) is 33.7 Å². The second-order valence-corrected chi connectivity index (χ2v) is 27.4. The number of sulfone groups is 1. The Kier molecular flexibility index (Phi) is 27.0. The number of aryl methyl sites for hydroxylation is 1. The number of ketones is 2. The van der Waals surface area contributed by atoms with Crippen LogP contribution in [0.1, 0.15) is 107 Å². The first-order valence-electron chi connectivity index (χ1n) is 33.7. The molecule has 11 nitrogen and oxygen atoms in total. The molecule has 105 heavy (non-hydrogen) atoms. The van der Waals surface area contributed by atoms with Crippen LogP contribution in [-0.2, 0) is 27.6 Å². The first-order valence-corrected chi connectivity index (χ1v) is 36.8. The minimum absolute atomic E-state index is 0.0489. The van der Waals surface area contributed by atoms with E-state index >= 15 is 0 Å². The van der Waals surface area contributed by atoms with Crippen LogP contribution >= 0.6 is 27.5 Å². The Morgan fingerprint density at radius 2 is 0.914 bits per heavy atom. The van der Waals surface area contributed by atoms with Crippen molar-refractivity contribution in [1.82, 2.24) is 9.47 Å². The molecule has 12 aromatic carbocycles. The van der Waals surface area contributed by atoms with Gasteiger partial charge in [0.1, 0.15) is 0 Å². The van der Waals surface area contributed by atoms with Crippen molar-refractivity contribution in [2.24, 2.45) is 0 Å². The number of imide groups is 1. The van der Waals surface area contributed by atoms with Gasteiger partial charge in [0.25, 0.3) is 11.8 Å². The number of hydrogen-bond donors (Lipinski definition) is 1. The third-order valence-electron chi connectivity index (χ3n) is 17.1. The highest BCUT2D eigenvalue weighted by Gasteiger charge is 2.32. The lowest BCUT2D eigenvalue weighted by atomic mass is 9.84. The molecule has 0 unspecified atom stereocenters. The molecule has 0 saturated carbocycles. The number of amides is 3. The summed E-state index contributed by atoms with van der Waals surface area (Å²) >= 11 is 9.34. The van der Waals surface area contributed by atoms with Gasteiger partial charge >= 0.3 is 0 Å². The number of rotatable bonds is 8. The van der Waals surface area contributed by atoms with Gasteiger partial charge in [0, 0.05) is 91.0 Å². The molecule has 3 aliphatic rings. The van der Waals surface area contributed by atoms with E-state index in [-0.39, 0.29) is 34.7 Å². The minimum Gasteiger partial charge on any atom is -0.341 e. The summed E-state index contributed by atoms with van der Waals surface area (Å²) in [5.74, 6) is -0.962. The van der Waals surface area contributed by atoms with Crippen LogP contribution in [0.15, 0.2) is 320 Å². The molecule has 13 aromatic rings. The van der Waals surface area contributed by atoms with Crippen molar-refractivity contribution in [2.75, 3.05) is 18.1 Å². The van der Waals surface area contributed by atoms with Gasteiger partial charge in [0.2, 0.25) is 5.91 Å². The van der Waals surface area contributed by atoms with Crippen molar-refractivity contribution in [3.63, 3.8) is 0 Å². The van der Waals surface area contributed by atoms with E-state index in [0.29, 0.717) is 60.9 Å². The molecule has 3 amide bonds. The molecule has 2 aliphatic carbocycles. The Labute approximate surface area is 626 Å². The normalized spacial score (nSPS) is 11.5. The average molecular weight is 1490 g/mol. The van der Waals surface area contributed by atoms with Gasteiger partial charge in [-0.15, -0.1) is 0 Å². The molecule has 0 fully saturated rings. The third-order valence-corrected chi connectivity index (χ3v) is 18.9. The Bertz CT molecular complexity index is 5430. The van der Waals surface area contributed by atoms with E-state index in [1.807, 2.05) is 225 Å². The molecular formula is C91H77BrClN3O8S. The van der Waals surface area contributed by atoms with Crippen LogP contribution in [0.5, 0.6) is 0 Å². The van der Waals surface area contributed by atoms with Gasteiger partial charge in [-0.2, -0.15) is 0 Å². The minimum atomic E-state index is -3.11. The number of halogens is 2. The Balaban J connectivity index is 0.000000143. The summed E-state index contributed by atoms with van der Waals surface area (Å²) in [6.07, 6.45) is 9.40. The number of benzene rings is 12. The maximum Gasteiger partial charge on any atom is 0.261 e. The van der Waals surface area contributed by atoms with Crippen LogP contribution in [0.4, 0.5) is 5.69 Å². The van der Waals surface area contributed by atoms with E-state index in [1.165, 1.54) is 45.9 Å². The smallest absolute Gasteiger partial charge is 0.261 e. The number of anilines is 1. The van der Waals surface area contributed by atoms with E-state index in [0.717, 1.165) is 61.3 Å². The zero-order chi connectivity index (χ0) is 75.2. The largest absolute Gasteiger partial charge is 0.341 e. The van der Waals surface area contributed by atoms with Crippen LogP contribution in [0.25, 0.3) is 68.0 Å². The molecule has 14 heteroatoms. The molecule has 0 saturated heterocycles. The number of aromatic nitrogens is 1. The van der Waals surface area contributed by atoms with Gasteiger partial charge in [0.15, 0.2) is 26.8 Å². The topological polar surface area (TPSA) is 157 Å². The molecule has 2 heterocycles. The van der Waals surface area contributed by atoms with Crippen molar-refractivity contribution in [3.8, 4) is 11.1 Å². The number of fused-ring (bicyclic) bond motifs is 7. The molecule has 0 spiro atoms. The summed E-state index contributed by atoms with van der Waals surface area (Å²) in [5.41, 5.74) is 14.7. The number of hydrogen-bond acceptors (Lipinski definition) is 8. The lowest BCUT2D eigenvalue weighted by molar-refractivity contribution is -0.114. The summed E-state index contributed by atoms with van der Waals surface area (Å²) in [6, 6.07) is 87.5. The molecule has 0 radical (unpaired) electrons. The molecule has 16 rings (SSSR count). The quantitative estimate of drug-likeness (QED) is 0.116. The third kappa shape index (κ3) is 19.4. The number of nitrogens with one attached hydrogen (secondary N) is 1. The predicted octanol–water partition coefficient (Wildman–Crippen LogP) is 21.4. The first-order chi connectivity index (χ1) is 50.7. The number of para-hydroxylation sites is 1. The monoisotopic (exact) mass is 1490 g/mol. The lowest BCUT2D eigenvalue weighted by Gasteiger charge is -2.25. The summed E-state index contributed by atoms with van der Waals surface area (Å²) in [7, 11) is -3.11. The fourth-order valence-electron chi connectivity index (χ4n) is 11.9. The van der Waals surface area contributed by atoms with Crippen molar-refractivity contribution in [3.05, 3.63) is 392 Å². The van der Waals surface area contributed by atoms with Crippen molar-refractivity contribution in [1.29, 1.82) is 0 Å². The van der Waals surface area contributed by atoms with E-state index < -0.39 is 9.84 Å². The lowest BCUT2D eigenvalue weighted by Crippen LogP contribution is -2.39. The molecule has 0 atom stereocenters. The van der Waals surface area contributed by atoms with Crippen LogP contribution in [0.2, 0.25) is 5.02 Å². The molecule has 524 valence electrons. The highest BCUT2D eigenvalue weighted by molar-refractivity contribution is 9.10. The Morgan fingerprint density at radius 1 is 0.457 bits per heavy atom. The van der Waals surface area contributed by atoms with E-state index in [2.05, 4.69) is 71.2 Å². The summed E-state index contributed by atoms with van der Waals surface area (Å²) in [5, 5.41) is 6.36. The highest BCUT2D eigenvalue weighted by atomic mass is 79.9. The number of nitrogens with zero attached hydrogens (tertiary/aromatic N) is 2. The fourth-order valence-corrected chi connectivity index (χ4v) is 13.2. The number of carbonyl (C=O) groups excluding carboxylic acids is 5. The number of pyridine rings is 1. The summed E-state index contributed by atoms with van der Waals surface area (Å²) in [6.45, 7) is 21.0. The van der Waals surface area contributed by atoms with Gasteiger partial charge in [-0.25, -0.2) is 8.42 Å². The van der Waals surface area contributed by atoms with Crippen LogP contribution < -0.4 is 10.7 Å². The summed E-state index contributed by atoms with van der Waals surface area (Å²) < 4.78 is 26.2. The van der Waals surface area contributed by atoms with Crippen LogP contribution in [0.3, 0.4) is 0 Å². The Morgan fingerprint density at radius 3 is 1.42 bits per heavy atom. The average Bonchev–Trinajstić information content (AvgIpc) is 1.57. The SMILES string of the molecule is C=Cc1cccc(Br)c1.C=Cc1ccccc1.C=Cc1ccccc1.C=Cc1ccccc1.CC(=O)Nc1ccc2c(c1)C(=O)c1ccccc1C2=O.CCN1C(=O)c2cccc3cccc(c23)C1=O.CCn1c2ccccc2c(=O)c2cc(Cl)ccc21.CS(=O)(=O)c1ccc2c(c1)Cc1ccccc1-2. The van der Waals surface area contributed by atoms with Crippen molar-refractivity contribution >= 4 is 129 Å². The molecule has 1 aromatic heterocycles. The second kappa shape index (κ2) is 36.7. The molecule has 0 bridgehead atoms. The Hall–Kier alpha value is -12.0. The van der Waals surface area contributed by atoms with E-state index in [4.69, 9.17) is 11.6 Å². The van der Waals surface area contributed by atoms with Crippen LogP contribution in [-0.4, -0.2) is 60.0 Å². The van der Waals surface area contributed by atoms with Gasteiger partial charge < -0.3 is 9.88 Å². The van der Waals surface area contributed by atoms with Crippen molar-refractivity contribution in [2.45, 2.75) is 38.6 Å². The maximum absolute atomic E-state index is 12.4. The highest BCUT2D eigenvalue weighted by Crippen LogP contribution is 2.38. The summed E-state index contributed by atoms with van der Waals surface area (Å²) in [4.78, 5) is 74.3. The van der Waals surface area contributed by atoms with E-state index in [9.17, 15) is 37.2 Å². The van der Waals surface area contributed by atoms with Gasteiger partial charge in [-0.05, 0) is 155 Å². The zero-order valence-corrected chi connectivity index (χ0v) is 61.8. The standard InChI is InChI=1S/C16H11NO3.C15H12ClNO.C14H11NO2.C14H12O2S.C8H7Br.3C8H8/c1-9(18)17-10-6-7-13-14(8-10)16(20)12-5-3-2-4-11(12)15(13)19;1-2-17-13-6-4-3-5-11(13)15(18)12-9-10(16)7-8-14(12)17;1-2-15-13(16)10-7-3-5-9-6-4-8-11(12(9)10)14(15)17;1-17(15,16)12-6-7-14-11(9-12)8-10-4-2-3-5-13(10)14;1-2-7-4-3-5-8(9)6-7;3*1-2-8-6-4-3-5-7-8/h2-8H,1H3,(H,17,18);3-9H,2H2,1H3;3-8H,2H2,1H3;2-7,9H,8H2,1H3;2-6H,1H2;3*2-7H,1H2. The molecular weight excluding hydrogens is 1410 g/mol. The second-order valence-electron chi connectivity index (χ2n) is 24.0. The number of carbonyl (C=O) groups is 5. The van der Waals surface area contributed by atoms with Crippen molar-refractivity contribution < 1.29 is 32.4 Å². The van der Waals surface area contributed by atoms with Gasteiger partial charge in [-0.1, -0.05) is 272 Å².